The van der Waals surface area contributed by atoms with Crippen molar-refractivity contribution in [2.24, 2.45) is 0 Å². The minimum absolute atomic E-state index is 0.0764. The number of hydrogen-bond acceptors (Lipinski definition) is 2. The van der Waals surface area contributed by atoms with Crippen LogP contribution in [-0.2, 0) is 4.65 Å². The number of rotatable bonds is 0. The van der Waals surface area contributed by atoms with Gasteiger partial charge >= 0.3 is 51.6 Å². The van der Waals surface area contributed by atoms with Crippen LogP contribution in [0.25, 0.3) is 0 Å². The second-order valence-electron chi connectivity index (χ2n) is 0.582. The van der Waals surface area contributed by atoms with Gasteiger partial charge in [0.15, 0.2) is 0 Å². The first-order chi connectivity index (χ1) is 2.00. The molecule has 27 valence electrons. The van der Waals surface area contributed by atoms with Gasteiger partial charge in [0.25, 0.3) is 0 Å². The molecule has 0 saturated carbocycles. The zero-order valence-corrected chi connectivity index (χ0v) is 5.40. The fraction of sp³-hybridized carbons (Fsp3) is 0. The molecule has 0 aromatic carbocycles. The van der Waals surface area contributed by atoms with Gasteiger partial charge in [-0.25, -0.2) is 0 Å². The topological polar surface area (TPSA) is 54.4 Å². The molecule has 0 heterocycles. The Bertz CT molecular complexity index is 90.1. The molecule has 0 fully saturated rings. The summed E-state index contributed by atoms with van der Waals surface area (Å²) in [6.45, 7) is 0. The predicted octanol–water partition coefficient (Wildman–Crippen LogP) is -1.04. The predicted molar refractivity (Wildman–Crippen MR) is 17.3 cm³/mol. The molecule has 0 aliphatic rings. The first kappa shape index (κ1) is 6.17. The standard InChI is InChI=1S/Ca.HO3S/c;1-4(2)3/h;(H,1,2,3). The summed E-state index contributed by atoms with van der Waals surface area (Å²) in [5.74, 6) is 0. The van der Waals surface area contributed by atoms with Gasteiger partial charge in [0.2, 0.25) is 0 Å². The van der Waals surface area contributed by atoms with E-state index in [1.807, 2.05) is 0 Å². The third kappa shape index (κ3) is 38.0. The van der Waals surface area contributed by atoms with Gasteiger partial charge in [0, 0.05) is 0 Å². The maximum absolute atomic E-state index is 9.24. The second-order valence-corrected chi connectivity index (χ2v) is 5.16. The third-order valence-electron chi connectivity index (χ3n) is 0. The van der Waals surface area contributed by atoms with Gasteiger partial charge in [-0.1, -0.05) is 0 Å². The summed E-state index contributed by atoms with van der Waals surface area (Å²) in [6.07, 6.45) is 0. The molecule has 0 aliphatic heterocycles. The van der Waals surface area contributed by atoms with Crippen LogP contribution in [0.5, 0.6) is 0 Å². The van der Waals surface area contributed by atoms with Crippen LogP contribution in [0.4, 0.5) is 0 Å². The Hall–Kier alpha value is 1.17. The van der Waals surface area contributed by atoms with Crippen LogP contribution in [-0.4, -0.2) is 46.9 Å². The molecular weight excluding hydrogens is 120 g/mol. The van der Waals surface area contributed by atoms with Crippen LogP contribution in [0.2, 0.25) is 0 Å². The van der Waals surface area contributed by atoms with Crippen LogP contribution < -0.4 is 0 Å². The monoisotopic (exact) mass is 121 g/mol. The zero-order valence-electron chi connectivity index (χ0n) is 2.38. The van der Waals surface area contributed by atoms with E-state index in [0.717, 1.165) is 0 Å². The molecule has 5 heteroatoms. The molecule has 0 aromatic heterocycles. The number of hydrogen-bond donors (Lipinski definition) is 1. The molecule has 0 aromatic rings. The summed E-state index contributed by atoms with van der Waals surface area (Å²) in [4.78, 5) is 0. The van der Waals surface area contributed by atoms with Crippen molar-refractivity contribution in [3.05, 3.63) is 0 Å². The van der Waals surface area contributed by atoms with Crippen LogP contribution in [0.15, 0.2) is 0 Å². The Morgan fingerprint density at radius 1 is 1.60 bits per heavy atom. The summed E-state index contributed by atoms with van der Waals surface area (Å²) >= 11 is -0.0764. The van der Waals surface area contributed by atoms with Crippen molar-refractivity contribution >= 4 is 38.6 Å². The van der Waals surface area contributed by atoms with E-state index in [1.165, 1.54) is 0 Å². The molecular formula is HCaO3S. The van der Waals surface area contributed by atoms with E-state index in [2.05, 4.69) is 0 Å². The first-order valence-electron chi connectivity index (χ1n) is 0.805. The van der Waals surface area contributed by atoms with E-state index in [-0.39, 0.29) is 34.0 Å². The van der Waals surface area contributed by atoms with Crippen molar-refractivity contribution in [2.75, 3.05) is 0 Å². The van der Waals surface area contributed by atoms with Crippen LogP contribution >= 0.6 is 0 Å². The normalized spacial score (nSPS) is 11.2. The van der Waals surface area contributed by atoms with E-state index in [9.17, 15) is 8.42 Å². The fourth-order valence-corrected chi connectivity index (χ4v) is 0. The summed E-state index contributed by atoms with van der Waals surface area (Å²) in [6, 6.07) is 0. The molecule has 5 heavy (non-hydrogen) atoms. The van der Waals surface area contributed by atoms with Crippen molar-refractivity contribution in [2.45, 2.75) is 0 Å². The molecule has 0 saturated heterocycles. The summed E-state index contributed by atoms with van der Waals surface area (Å²) in [7, 11) is 0. The van der Waals surface area contributed by atoms with E-state index in [1.54, 1.807) is 0 Å². The molecule has 0 aliphatic carbocycles. The first-order valence-corrected chi connectivity index (χ1v) is 5.12. The van der Waals surface area contributed by atoms with Gasteiger partial charge in [-0.2, -0.15) is 0 Å². The fourth-order valence-electron chi connectivity index (χ4n) is 0. The quantitative estimate of drug-likeness (QED) is 0.329. The maximum atomic E-state index is 9.24. The van der Waals surface area contributed by atoms with E-state index in [4.69, 9.17) is 4.55 Å². The van der Waals surface area contributed by atoms with Gasteiger partial charge in [0.05, 0.1) is 0 Å². The molecule has 0 bridgehead atoms. The van der Waals surface area contributed by atoms with Crippen molar-refractivity contribution in [3.8, 4) is 0 Å². The molecule has 3 nitrogen and oxygen atoms in total. The van der Waals surface area contributed by atoms with E-state index in [0.29, 0.717) is 0 Å². The van der Waals surface area contributed by atoms with Gasteiger partial charge in [-0.05, 0) is 0 Å². The Morgan fingerprint density at radius 3 is 1.60 bits per heavy atom. The summed E-state index contributed by atoms with van der Waals surface area (Å²) in [5, 5.41) is 0. The second kappa shape index (κ2) is 1.75. The Morgan fingerprint density at radius 2 is 1.60 bits per heavy atom. The SMILES string of the molecule is O=[S](=O)(O)[Ca]. The average Bonchev–Trinajstić information content (AvgIpc) is 0.722. The summed E-state index contributed by atoms with van der Waals surface area (Å²) in [5.41, 5.74) is 0. The van der Waals surface area contributed by atoms with Crippen molar-refractivity contribution in [1.29, 1.82) is 0 Å². The van der Waals surface area contributed by atoms with E-state index < -0.39 is 4.65 Å². The molecule has 0 unspecified atom stereocenters. The van der Waals surface area contributed by atoms with E-state index >= 15 is 0 Å². The minimum atomic E-state index is -3.54. The van der Waals surface area contributed by atoms with Crippen molar-refractivity contribution < 1.29 is 13.0 Å². The summed E-state index contributed by atoms with van der Waals surface area (Å²) < 4.78 is 22.5. The molecule has 0 spiro atoms. The van der Waals surface area contributed by atoms with Gasteiger partial charge < -0.3 is 0 Å². The van der Waals surface area contributed by atoms with Gasteiger partial charge in [-0.3, -0.25) is 0 Å². The Balaban J connectivity index is 4.06. The third-order valence-corrected chi connectivity index (χ3v) is 0. The molecule has 0 amide bonds. The van der Waals surface area contributed by atoms with Gasteiger partial charge in [-0.15, -0.1) is 0 Å². The zero-order chi connectivity index (χ0) is 4.50. The Labute approximate surface area is 51.0 Å². The molecule has 0 atom stereocenters. The molecule has 0 rings (SSSR count). The van der Waals surface area contributed by atoms with Crippen molar-refractivity contribution in [3.63, 3.8) is 0 Å². The van der Waals surface area contributed by atoms with Crippen LogP contribution in [0.1, 0.15) is 0 Å². The molecule has 1 radical (unpaired) electrons. The average molecular weight is 121 g/mol. The van der Waals surface area contributed by atoms with Crippen LogP contribution in [0, 0.1) is 0 Å². The molecule has 1 N–H and O–H groups in total. The van der Waals surface area contributed by atoms with Gasteiger partial charge in [0.1, 0.15) is 0 Å². The Kier molecular flexibility index (Phi) is 2.16. The van der Waals surface area contributed by atoms with Crippen molar-refractivity contribution in [1.82, 2.24) is 0 Å². The van der Waals surface area contributed by atoms with Crippen LogP contribution in [0.3, 0.4) is 0 Å².